The Kier molecular flexibility index (Phi) is 5.74. The van der Waals surface area contributed by atoms with E-state index in [1.165, 1.54) is 0 Å². The minimum atomic E-state index is 0.140. The Hall–Kier alpha value is -2.59. The molecule has 0 amide bonds. The zero-order valence-corrected chi connectivity index (χ0v) is 12.7. The minimum absolute atomic E-state index is 0.140. The van der Waals surface area contributed by atoms with Gasteiger partial charge < -0.3 is 14.6 Å². The summed E-state index contributed by atoms with van der Waals surface area (Å²) in [6.07, 6.45) is 0. The van der Waals surface area contributed by atoms with Gasteiger partial charge in [0.25, 0.3) is 5.88 Å². The zero-order chi connectivity index (χ0) is 15.8. The summed E-state index contributed by atoms with van der Waals surface area (Å²) >= 11 is 0. The summed E-state index contributed by atoms with van der Waals surface area (Å²) in [7, 11) is 3.19. The molecule has 0 fully saturated rings. The maximum absolute atomic E-state index is 8.54. The first-order chi connectivity index (χ1) is 10.8. The van der Waals surface area contributed by atoms with E-state index in [4.69, 9.17) is 14.6 Å². The Balaban J connectivity index is 0.000000188. The lowest BCUT2D eigenvalue weighted by molar-refractivity contribution is 0.282. The third kappa shape index (κ3) is 3.96. The number of aliphatic hydroxyl groups is 1. The van der Waals surface area contributed by atoms with Crippen LogP contribution in [-0.4, -0.2) is 24.3 Å². The summed E-state index contributed by atoms with van der Waals surface area (Å²) in [6.45, 7) is 0.140. The molecular formula is C18H19NO3. The molecular weight excluding hydrogens is 278 g/mol. The van der Waals surface area contributed by atoms with Crippen LogP contribution >= 0.6 is 0 Å². The van der Waals surface area contributed by atoms with E-state index in [1.54, 1.807) is 14.2 Å². The van der Waals surface area contributed by atoms with Crippen LogP contribution in [0.3, 0.4) is 0 Å². The summed E-state index contributed by atoms with van der Waals surface area (Å²) in [5.74, 6) is 1.18. The second-order valence-corrected chi connectivity index (χ2v) is 4.54. The summed E-state index contributed by atoms with van der Waals surface area (Å²) in [6, 6.07) is 19.3. The first kappa shape index (κ1) is 15.8. The fraction of sp³-hybridized carbons (Fsp3) is 0.167. The van der Waals surface area contributed by atoms with Crippen molar-refractivity contribution in [3.63, 3.8) is 0 Å². The molecule has 0 atom stereocenters. The Labute approximate surface area is 130 Å². The maximum Gasteiger partial charge on any atom is 0.257 e. The van der Waals surface area contributed by atoms with E-state index in [0.717, 1.165) is 16.5 Å². The fourth-order valence-electron chi connectivity index (χ4n) is 1.95. The number of nitrogens with zero attached hydrogens (tertiary/aromatic N) is 1. The molecule has 2 aromatic carbocycles. The van der Waals surface area contributed by atoms with Crippen LogP contribution in [0.15, 0.2) is 60.7 Å². The van der Waals surface area contributed by atoms with Gasteiger partial charge in [0.1, 0.15) is 0 Å². The quantitative estimate of drug-likeness (QED) is 0.804. The van der Waals surface area contributed by atoms with Gasteiger partial charge in [-0.3, -0.25) is 0 Å². The number of ether oxygens (including phenoxy) is 2. The molecule has 4 heteroatoms. The number of para-hydroxylation sites is 1. The summed E-state index contributed by atoms with van der Waals surface area (Å²) in [5, 5.41) is 9.58. The fourth-order valence-corrected chi connectivity index (χ4v) is 1.95. The molecule has 0 aliphatic carbocycles. The number of aromatic nitrogens is 1. The van der Waals surface area contributed by atoms with E-state index in [-0.39, 0.29) is 6.61 Å². The van der Waals surface area contributed by atoms with Gasteiger partial charge in [-0.05, 0) is 17.7 Å². The molecule has 4 nitrogen and oxygen atoms in total. The number of aliphatic hydroxyl groups excluding tert-OH is 1. The SMILES string of the molecule is COc1cc2ccccc2nc1OC.OCc1ccccc1. The largest absolute Gasteiger partial charge is 0.491 e. The van der Waals surface area contributed by atoms with E-state index in [2.05, 4.69) is 4.98 Å². The lowest BCUT2D eigenvalue weighted by Gasteiger charge is -2.07. The van der Waals surface area contributed by atoms with Crippen molar-refractivity contribution in [3.05, 3.63) is 66.2 Å². The molecule has 0 unspecified atom stereocenters. The monoisotopic (exact) mass is 297 g/mol. The van der Waals surface area contributed by atoms with E-state index in [1.807, 2.05) is 60.7 Å². The molecule has 0 bridgehead atoms. The maximum atomic E-state index is 8.54. The highest BCUT2D eigenvalue weighted by Gasteiger charge is 2.06. The van der Waals surface area contributed by atoms with E-state index >= 15 is 0 Å². The van der Waals surface area contributed by atoms with Crippen molar-refractivity contribution < 1.29 is 14.6 Å². The molecule has 3 aromatic rings. The van der Waals surface area contributed by atoms with E-state index in [0.29, 0.717) is 11.6 Å². The highest BCUT2D eigenvalue weighted by atomic mass is 16.5. The molecule has 0 spiro atoms. The topological polar surface area (TPSA) is 51.6 Å². The molecule has 3 rings (SSSR count). The second kappa shape index (κ2) is 8.00. The Bertz CT molecular complexity index is 671. The van der Waals surface area contributed by atoms with Crippen LogP contribution in [0.2, 0.25) is 0 Å². The number of rotatable bonds is 3. The number of pyridine rings is 1. The second-order valence-electron chi connectivity index (χ2n) is 4.54. The number of fused-ring (bicyclic) bond motifs is 1. The Morgan fingerprint density at radius 2 is 1.59 bits per heavy atom. The van der Waals surface area contributed by atoms with Crippen LogP contribution in [0.25, 0.3) is 10.9 Å². The van der Waals surface area contributed by atoms with Gasteiger partial charge in [0.05, 0.1) is 26.3 Å². The number of benzene rings is 2. The van der Waals surface area contributed by atoms with Crippen molar-refractivity contribution in [2.24, 2.45) is 0 Å². The van der Waals surface area contributed by atoms with Crippen molar-refractivity contribution in [1.82, 2.24) is 4.98 Å². The molecule has 0 aliphatic heterocycles. The van der Waals surface area contributed by atoms with Crippen molar-refractivity contribution in [2.75, 3.05) is 14.2 Å². The van der Waals surface area contributed by atoms with E-state index in [9.17, 15) is 0 Å². The van der Waals surface area contributed by atoms with Gasteiger partial charge in [-0.25, -0.2) is 4.98 Å². The van der Waals surface area contributed by atoms with Crippen molar-refractivity contribution >= 4 is 10.9 Å². The van der Waals surface area contributed by atoms with Crippen LogP contribution in [0.5, 0.6) is 11.6 Å². The number of methoxy groups -OCH3 is 2. The standard InChI is InChI=1S/C11H11NO2.C7H8O/c1-13-10-7-8-5-3-4-6-9(8)12-11(10)14-2;8-6-7-4-2-1-3-5-7/h3-7H,1-2H3;1-5,8H,6H2. The van der Waals surface area contributed by atoms with Crippen molar-refractivity contribution in [1.29, 1.82) is 0 Å². The number of hydrogen-bond donors (Lipinski definition) is 1. The van der Waals surface area contributed by atoms with Crippen LogP contribution < -0.4 is 9.47 Å². The zero-order valence-electron chi connectivity index (χ0n) is 12.7. The lowest BCUT2D eigenvalue weighted by atomic mass is 10.2. The lowest BCUT2D eigenvalue weighted by Crippen LogP contribution is -1.93. The Morgan fingerprint density at radius 1 is 0.909 bits per heavy atom. The predicted octanol–water partition coefficient (Wildman–Crippen LogP) is 3.43. The first-order valence-corrected chi connectivity index (χ1v) is 6.91. The molecule has 22 heavy (non-hydrogen) atoms. The molecule has 1 heterocycles. The summed E-state index contributed by atoms with van der Waals surface area (Å²) < 4.78 is 10.3. The average molecular weight is 297 g/mol. The molecule has 0 aliphatic rings. The highest BCUT2D eigenvalue weighted by molar-refractivity contribution is 5.80. The molecule has 0 saturated heterocycles. The number of hydrogen-bond acceptors (Lipinski definition) is 4. The van der Waals surface area contributed by atoms with Crippen LogP contribution in [0.1, 0.15) is 5.56 Å². The Morgan fingerprint density at radius 3 is 2.18 bits per heavy atom. The molecule has 0 saturated carbocycles. The van der Waals surface area contributed by atoms with Gasteiger partial charge in [-0.1, -0.05) is 48.5 Å². The minimum Gasteiger partial charge on any atom is -0.491 e. The van der Waals surface area contributed by atoms with Crippen LogP contribution in [0.4, 0.5) is 0 Å². The molecule has 114 valence electrons. The van der Waals surface area contributed by atoms with Crippen LogP contribution in [0, 0.1) is 0 Å². The summed E-state index contributed by atoms with van der Waals surface area (Å²) in [4.78, 5) is 4.32. The molecule has 1 N–H and O–H groups in total. The summed E-state index contributed by atoms with van der Waals surface area (Å²) in [5.41, 5.74) is 1.87. The van der Waals surface area contributed by atoms with E-state index < -0.39 is 0 Å². The van der Waals surface area contributed by atoms with Crippen molar-refractivity contribution in [2.45, 2.75) is 6.61 Å². The molecule has 1 aromatic heterocycles. The first-order valence-electron chi connectivity index (χ1n) is 6.91. The molecule has 0 radical (unpaired) electrons. The predicted molar refractivity (Wildman–Crippen MR) is 87.2 cm³/mol. The van der Waals surface area contributed by atoms with Gasteiger partial charge in [0, 0.05) is 5.39 Å². The van der Waals surface area contributed by atoms with Gasteiger partial charge in [0.2, 0.25) is 0 Å². The van der Waals surface area contributed by atoms with Gasteiger partial charge in [-0.15, -0.1) is 0 Å². The van der Waals surface area contributed by atoms with Gasteiger partial charge in [-0.2, -0.15) is 0 Å². The van der Waals surface area contributed by atoms with Gasteiger partial charge in [0.15, 0.2) is 5.75 Å². The third-order valence-corrected chi connectivity index (χ3v) is 3.09. The van der Waals surface area contributed by atoms with Gasteiger partial charge >= 0.3 is 0 Å². The third-order valence-electron chi connectivity index (χ3n) is 3.09. The smallest absolute Gasteiger partial charge is 0.257 e. The normalized spacial score (nSPS) is 9.77. The van der Waals surface area contributed by atoms with Crippen LogP contribution in [-0.2, 0) is 6.61 Å². The van der Waals surface area contributed by atoms with Crippen molar-refractivity contribution in [3.8, 4) is 11.6 Å². The highest BCUT2D eigenvalue weighted by Crippen LogP contribution is 2.28. The average Bonchev–Trinajstić information content (AvgIpc) is 2.61.